The molecule has 7 rings (SSSR count). The normalized spacial score (nSPS) is 35.0. The minimum Gasteiger partial charge on any atom is -0.390 e. The van der Waals surface area contributed by atoms with E-state index in [4.69, 9.17) is 11.6 Å². The van der Waals surface area contributed by atoms with E-state index in [1.54, 1.807) is 6.20 Å². The van der Waals surface area contributed by atoms with Gasteiger partial charge >= 0.3 is 0 Å². The van der Waals surface area contributed by atoms with E-state index < -0.39 is 5.60 Å². The largest absolute Gasteiger partial charge is 0.390 e. The summed E-state index contributed by atoms with van der Waals surface area (Å²) < 4.78 is 0. The zero-order valence-corrected chi connectivity index (χ0v) is 23.7. The van der Waals surface area contributed by atoms with Gasteiger partial charge in [0.25, 0.3) is 0 Å². The molecule has 0 aliphatic heterocycles. The second-order valence-corrected chi connectivity index (χ2v) is 13.6. The predicted molar refractivity (Wildman–Crippen MR) is 154 cm³/mol. The van der Waals surface area contributed by atoms with Crippen molar-refractivity contribution in [3.05, 3.63) is 46.6 Å². The number of benzene rings is 1. The van der Waals surface area contributed by atoms with Crippen LogP contribution in [0, 0.1) is 40.4 Å². The number of hydrogen-bond donors (Lipinski definition) is 4. The smallest absolute Gasteiger partial charge is 0.224 e. The topological polar surface area (TPSA) is 106 Å². The number of nitrogens with zero attached hydrogens (tertiary/aromatic N) is 3. The van der Waals surface area contributed by atoms with Crippen LogP contribution in [0.2, 0.25) is 5.02 Å². The second kappa shape index (κ2) is 10.9. The molecule has 39 heavy (non-hydrogen) atoms. The first-order valence-electron chi connectivity index (χ1n) is 14.8. The third-order valence-corrected chi connectivity index (χ3v) is 10.5. The van der Waals surface area contributed by atoms with Gasteiger partial charge in [0.1, 0.15) is 17.5 Å². The van der Waals surface area contributed by atoms with Crippen LogP contribution in [-0.4, -0.2) is 39.8 Å². The highest BCUT2D eigenvalue weighted by Gasteiger charge is 2.55. The number of rotatable bonds is 9. The lowest BCUT2D eigenvalue weighted by Gasteiger charge is -2.60. The molecule has 4 N–H and O–H groups in total. The van der Waals surface area contributed by atoms with Gasteiger partial charge in [-0.1, -0.05) is 29.8 Å². The Hall–Kier alpha value is -2.40. The zero-order chi connectivity index (χ0) is 27.0. The van der Waals surface area contributed by atoms with Crippen LogP contribution in [-0.2, 0) is 6.54 Å². The zero-order valence-electron chi connectivity index (χ0n) is 22.9. The van der Waals surface area contributed by atoms with Crippen molar-refractivity contribution >= 4 is 23.4 Å². The third-order valence-electron chi connectivity index (χ3n) is 10.2. The molecule has 4 bridgehead atoms. The van der Waals surface area contributed by atoms with Gasteiger partial charge in [0, 0.05) is 24.2 Å². The molecule has 7 nitrogen and oxygen atoms in total. The Morgan fingerprint density at radius 1 is 1.10 bits per heavy atom. The van der Waals surface area contributed by atoms with Gasteiger partial charge in [-0.2, -0.15) is 10.2 Å². The first-order chi connectivity index (χ1) is 18.8. The molecule has 1 aromatic carbocycles. The Labute approximate surface area is 237 Å². The lowest BCUT2D eigenvalue weighted by Crippen LogP contribution is -2.60. The van der Waals surface area contributed by atoms with Crippen molar-refractivity contribution in [3.8, 4) is 6.07 Å². The summed E-state index contributed by atoms with van der Waals surface area (Å²) in [4.78, 5) is 9.04. The fourth-order valence-electron chi connectivity index (χ4n) is 8.32. The molecule has 1 unspecified atom stereocenters. The van der Waals surface area contributed by atoms with Crippen LogP contribution < -0.4 is 16.0 Å². The van der Waals surface area contributed by atoms with Crippen molar-refractivity contribution in [2.75, 3.05) is 23.7 Å². The molecule has 5 aliphatic rings. The van der Waals surface area contributed by atoms with Crippen LogP contribution in [0.15, 0.2) is 30.5 Å². The Kier molecular flexibility index (Phi) is 7.47. The number of halogens is 1. The quantitative estimate of drug-likeness (QED) is 0.316. The summed E-state index contributed by atoms with van der Waals surface area (Å²) in [5.74, 6) is 4.10. The number of nitrogens with one attached hydrogen (secondary N) is 3. The lowest BCUT2D eigenvalue weighted by atomic mass is 9.48. The molecular formula is C31H41ClN6O. The number of anilines is 2. The van der Waals surface area contributed by atoms with Crippen LogP contribution in [0.4, 0.5) is 11.8 Å². The molecule has 208 valence electrons. The van der Waals surface area contributed by atoms with E-state index in [0.29, 0.717) is 40.9 Å². The molecule has 0 amide bonds. The highest BCUT2D eigenvalue weighted by Crippen LogP contribution is 2.60. The van der Waals surface area contributed by atoms with Gasteiger partial charge in [-0.3, -0.25) is 0 Å². The predicted octanol–water partition coefficient (Wildman–Crippen LogP) is 5.75. The Morgan fingerprint density at radius 2 is 1.85 bits per heavy atom. The van der Waals surface area contributed by atoms with E-state index in [-0.39, 0.29) is 5.41 Å². The molecule has 1 aromatic heterocycles. The molecule has 5 atom stereocenters. The summed E-state index contributed by atoms with van der Waals surface area (Å²) in [6.07, 6.45) is 12.2. The van der Waals surface area contributed by atoms with Crippen molar-refractivity contribution in [2.24, 2.45) is 29.1 Å². The molecule has 5 saturated carbocycles. The van der Waals surface area contributed by atoms with E-state index >= 15 is 0 Å². The maximum absolute atomic E-state index is 10.3. The molecule has 1 heterocycles. The summed E-state index contributed by atoms with van der Waals surface area (Å²) >= 11 is 6.30. The summed E-state index contributed by atoms with van der Waals surface area (Å²) in [5.41, 5.74) is 1.28. The summed E-state index contributed by atoms with van der Waals surface area (Å²) in [5, 5.41) is 31.6. The molecule has 8 heteroatoms. The Bertz CT molecular complexity index is 1200. The Morgan fingerprint density at radius 3 is 2.56 bits per heavy atom. The number of nitriles is 1. The molecule has 0 radical (unpaired) electrons. The van der Waals surface area contributed by atoms with E-state index in [1.807, 2.05) is 31.2 Å². The molecule has 5 fully saturated rings. The minimum atomic E-state index is -0.458. The molecule has 0 saturated heterocycles. The van der Waals surface area contributed by atoms with Crippen LogP contribution in [0.5, 0.6) is 0 Å². The molecule has 0 spiro atoms. The van der Waals surface area contributed by atoms with Gasteiger partial charge in [0.2, 0.25) is 5.95 Å². The first kappa shape index (κ1) is 26.8. The summed E-state index contributed by atoms with van der Waals surface area (Å²) in [6, 6.07) is 10.6. The van der Waals surface area contributed by atoms with E-state index in [1.165, 1.54) is 32.1 Å². The molecular weight excluding hydrogens is 508 g/mol. The van der Waals surface area contributed by atoms with Gasteiger partial charge in [-0.15, -0.1) is 0 Å². The van der Waals surface area contributed by atoms with Crippen molar-refractivity contribution in [3.63, 3.8) is 0 Å². The third kappa shape index (κ3) is 5.89. The number of aromatic nitrogens is 2. The lowest BCUT2D eigenvalue weighted by molar-refractivity contribution is -0.0711. The maximum atomic E-state index is 10.3. The second-order valence-electron chi connectivity index (χ2n) is 13.2. The summed E-state index contributed by atoms with van der Waals surface area (Å²) in [6.45, 7) is 4.46. The highest BCUT2D eigenvalue weighted by atomic mass is 35.5. The van der Waals surface area contributed by atoms with Gasteiger partial charge in [0.15, 0.2) is 0 Å². The van der Waals surface area contributed by atoms with Crippen LogP contribution in [0.25, 0.3) is 0 Å². The molecule has 5 aliphatic carbocycles. The summed E-state index contributed by atoms with van der Waals surface area (Å²) in [7, 11) is 0. The van der Waals surface area contributed by atoms with E-state index in [9.17, 15) is 10.4 Å². The SMILES string of the molecule is C[C@]1(O)CC[C@@H](CN[C@@H]2[C@@H]3CC4C[C@H]2C[C@@](CNc2nc(NCc5ccccc5Cl)ncc2C#N)(C4)C3)CC1. The standard InChI is InChI=1S/C31H41ClN6O/c1-30(39)8-6-20(7-9-30)16-34-27-23-10-21-11-24(27)14-31(12-21,13-23)19-37-28-25(15-33)18-36-29(38-28)35-17-22-4-2-3-5-26(22)32/h2-5,18,20-21,23-24,27,34,39H,6-14,16-17,19H2,1H3,(H2,35,36,37,38)/t20-,21?,23-,24+,27-,30+,31-. The molecule has 2 aromatic rings. The van der Waals surface area contributed by atoms with Gasteiger partial charge in [-0.05, 0) is 112 Å². The monoisotopic (exact) mass is 548 g/mol. The number of hydrogen-bond acceptors (Lipinski definition) is 7. The average molecular weight is 549 g/mol. The van der Waals surface area contributed by atoms with Crippen molar-refractivity contribution in [2.45, 2.75) is 82.9 Å². The van der Waals surface area contributed by atoms with E-state index in [2.05, 4.69) is 32.0 Å². The van der Waals surface area contributed by atoms with Crippen molar-refractivity contribution in [1.82, 2.24) is 15.3 Å². The Balaban J connectivity index is 1.07. The van der Waals surface area contributed by atoms with Crippen LogP contribution in [0.3, 0.4) is 0 Å². The van der Waals surface area contributed by atoms with Gasteiger partial charge < -0.3 is 21.1 Å². The maximum Gasteiger partial charge on any atom is 0.224 e. The van der Waals surface area contributed by atoms with Gasteiger partial charge in [-0.25, -0.2) is 4.98 Å². The minimum absolute atomic E-state index is 0.279. The van der Waals surface area contributed by atoms with Gasteiger partial charge in [0.05, 0.1) is 11.8 Å². The van der Waals surface area contributed by atoms with Crippen LogP contribution >= 0.6 is 11.6 Å². The fraction of sp³-hybridized carbons (Fsp3) is 0.645. The fourth-order valence-corrected chi connectivity index (χ4v) is 8.52. The highest BCUT2D eigenvalue weighted by molar-refractivity contribution is 6.31. The number of aliphatic hydroxyl groups is 1. The van der Waals surface area contributed by atoms with Crippen molar-refractivity contribution < 1.29 is 5.11 Å². The first-order valence-corrected chi connectivity index (χ1v) is 15.1. The van der Waals surface area contributed by atoms with Crippen molar-refractivity contribution in [1.29, 1.82) is 5.26 Å². The van der Waals surface area contributed by atoms with Crippen LogP contribution in [0.1, 0.15) is 75.8 Å². The van der Waals surface area contributed by atoms with E-state index in [0.717, 1.165) is 62.1 Å². The average Bonchev–Trinajstić information content (AvgIpc) is 2.91.